The number of aromatic nitrogens is 3. The van der Waals surface area contributed by atoms with Gasteiger partial charge in [0.25, 0.3) is 0 Å². The van der Waals surface area contributed by atoms with Gasteiger partial charge in [-0.1, -0.05) is 36.4 Å². The van der Waals surface area contributed by atoms with Crippen LogP contribution in [-0.4, -0.2) is 40.2 Å². The van der Waals surface area contributed by atoms with Gasteiger partial charge in [-0.15, -0.1) is 10.2 Å². The lowest BCUT2D eigenvalue weighted by molar-refractivity contribution is -0.122. The zero-order valence-corrected chi connectivity index (χ0v) is 18.7. The van der Waals surface area contributed by atoms with Crippen molar-refractivity contribution in [3.8, 4) is 0 Å². The van der Waals surface area contributed by atoms with Crippen LogP contribution in [0.25, 0.3) is 10.9 Å². The van der Waals surface area contributed by atoms with Crippen LogP contribution < -0.4 is 10.2 Å². The van der Waals surface area contributed by atoms with Crippen LogP contribution in [0.1, 0.15) is 36.6 Å². The van der Waals surface area contributed by atoms with Gasteiger partial charge in [0.2, 0.25) is 17.7 Å². The molecule has 5 rings (SSSR count). The number of H-pyrrole nitrogens is 1. The average molecular weight is 444 g/mol. The summed E-state index contributed by atoms with van der Waals surface area (Å²) in [5.74, 6) is 1.19. The molecular weight excluding hydrogens is 414 g/mol. The minimum absolute atomic E-state index is 0.0479. The minimum Gasteiger partial charge on any atom is -0.425 e. The average Bonchev–Trinajstić information content (AvgIpc) is 3.49. The van der Waals surface area contributed by atoms with E-state index < -0.39 is 0 Å². The van der Waals surface area contributed by atoms with Gasteiger partial charge in [0.1, 0.15) is 0 Å². The van der Waals surface area contributed by atoms with E-state index in [1.165, 1.54) is 16.6 Å². The Hall–Kier alpha value is -3.61. The maximum absolute atomic E-state index is 12.4. The molecule has 1 aliphatic heterocycles. The molecule has 3 heterocycles. The fourth-order valence-electron chi connectivity index (χ4n) is 4.51. The van der Waals surface area contributed by atoms with Crippen LogP contribution >= 0.6 is 0 Å². The number of nitrogens with one attached hydrogen (secondary N) is 2. The van der Waals surface area contributed by atoms with Gasteiger partial charge in [0.05, 0.1) is 0 Å². The number of hydrogen-bond donors (Lipinski definition) is 2. The van der Waals surface area contributed by atoms with E-state index in [0.29, 0.717) is 31.0 Å². The quantitative estimate of drug-likeness (QED) is 0.429. The molecule has 0 unspecified atom stereocenters. The topological polar surface area (TPSA) is 87.0 Å². The first-order valence-corrected chi connectivity index (χ1v) is 11.7. The zero-order valence-electron chi connectivity index (χ0n) is 18.7. The van der Waals surface area contributed by atoms with Crippen molar-refractivity contribution >= 4 is 22.5 Å². The summed E-state index contributed by atoms with van der Waals surface area (Å²) in [5, 5.41) is 12.7. The fraction of sp³-hybridized carbons (Fsp3) is 0.346. The first kappa shape index (κ1) is 21.2. The summed E-state index contributed by atoms with van der Waals surface area (Å²) >= 11 is 0. The molecule has 7 heteroatoms. The fourth-order valence-corrected chi connectivity index (χ4v) is 4.51. The minimum atomic E-state index is 0.0479. The van der Waals surface area contributed by atoms with Crippen LogP contribution in [0.15, 0.2) is 65.2 Å². The van der Waals surface area contributed by atoms with Crippen molar-refractivity contribution in [2.75, 3.05) is 18.0 Å². The lowest BCUT2D eigenvalue weighted by Crippen LogP contribution is -2.44. The number of nitrogens with zero attached hydrogens (tertiary/aromatic N) is 3. The summed E-state index contributed by atoms with van der Waals surface area (Å²) in [5.41, 5.74) is 3.62. The highest BCUT2D eigenvalue weighted by atomic mass is 16.4. The Kier molecular flexibility index (Phi) is 6.37. The predicted molar refractivity (Wildman–Crippen MR) is 128 cm³/mol. The van der Waals surface area contributed by atoms with Crippen LogP contribution in [0.5, 0.6) is 0 Å². The number of rotatable bonds is 8. The Morgan fingerprint density at radius 3 is 2.52 bits per heavy atom. The standard InChI is InChI=1S/C26H29N5O2/c32-24(28-20-14-16-31(17-15-20)21-6-2-1-3-7-21)11-13-26-30-29-25(33-26)12-10-19-18-27-23-9-5-4-8-22(19)23/h1-9,18,20,27H,10-17H2,(H,28,32). The summed E-state index contributed by atoms with van der Waals surface area (Å²) in [6, 6.07) is 18.9. The number of hydrogen-bond acceptors (Lipinski definition) is 5. The van der Waals surface area contributed by atoms with Crippen LogP contribution in [0.2, 0.25) is 0 Å². The van der Waals surface area contributed by atoms with E-state index in [9.17, 15) is 4.79 Å². The van der Waals surface area contributed by atoms with Crippen molar-refractivity contribution in [3.05, 3.63) is 78.1 Å². The Bertz CT molecular complexity index is 1190. The van der Waals surface area contributed by atoms with Crippen LogP contribution in [0, 0.1) is 0 Å². The number of anilines is 1. The van der Waals surface area contributed by atoms with Gasteiger partial charge in [0.15, 0.2) is 0 Å². The third-order valence-corrected chi connectivity index (χ3v) is 6.34. The Labute approximate surface area is 193 Å². The molecule has 0 spiro atoms. The molecule has 7 nitrogen and oxygen atoms in total. The summed E-state index contributed by atoms with van der Waals surface area (Å²) in [7, 11) is 0. The number of benzene rings is 2. The molecule has 0 aliphatic carbocycles. The van der Waals surface area contributed by atoms with E-state index >= 15 is 0 Å². The molecule has 1 saturated heterocycles. The Morgan fingerprint density at radius 1 is 0.970 bits per heavy atom. The predicted octanol–water partition coefficient (Wildman–Crippen LogP) is 4.05. The molecule has 0 saturated carbocycles. The highest BCUT2D eigenvalue weighted by Crippen LogP contribution is 2.20. The van der Waals surface area contributed by atoms with E-state index in [1.807, 2.05) is 24.4 Å². The number of fused-ring (bicyclic) bond motifs is 1. The first-order chi connectivity index (χ1) is 16.2. The van der Waals surface area contributed by atoms with Gasteiger partial charge in [0, 0.05) is 61.2 Å². The lowest BCUT2D eigenvalue weighted by Gasteiger charge is -2.34. The molecule has 1 fully saturated rings. The number of aryl methyl sites for hydroxylation is 3. The van der Waals surface area contributed by atoms with E-state index in [1.54, 1.807) is 0 Å². The van der Waals surface area contributed by atoms with Crippen molar-refractivity contribution in [2.45, 2.75) is 44.6 Å². The molecule has 2 N–H and O–H groups in total. The maximum Gasteiger partial charge on any atom is 0.220 e. The smallest absolute Gasteiger partial charge is 0.220 e. The number of amides is 1. The van der Waals surface area contributed by atoms with Gasteiger partial charge in [-0.05, 0) is 43.0 Å². The third kappa shape index (κ3) is 5.25. The highest BCUT2D eigenvalue weighted by Gasteiger charge is 2.21. The van der Waals surface area contributed by atoms with E-state index in [4.69, 9.17) is 4.42 Å². The molecule has 33 heavy (non-hydrogen) atoms. The van der Waals surface area contributed by atoms with Crippen molar-refractivity contribution < 1.29 is 9.21 Å². The Balaban J connectivity index is 1.05. The molecule has 0 atom stereocenters. The van der Waals surface area contributed by atoms with Gasteiger partial charge < -0.3 is 19.6 Å². The van der Waals surface area contributed by atoms with E-state index in [-0.39, 0.29) is 11.9 Å². The van der Waals surface area contributed by atoms with Gasteiger partial charge >= 0.3 is 0 Å². The van der Waals surface area contributed by atoms with Crippen molar-refractivity contribution in [1.82, 2.24) is 20.5 Å². The second-order valence-corrected chi connectivity index (χ2v) is 8.61. The maximum atomic E-state index is 12.4. The molecule has 0 bridgehead atoms. The van der Waals surface area contributed by atoms with Crippen molar-refractivity contribution in [3.63, 3.8) is 0 Å². The van der Waals surface area contributed by atoms with E-state index in [0.717, 1.165) is 37.9 Å². The lowest BCUT2D eigenvalue weighted by atomic mass is 10.0. The number of aromatic amines is 1. The molecular formula is C26H29N5O2. The van der Waals surface area contributed by atoms with Crippen molar-refractivity contribution in [2.24, 2.45) is 0 Å². The molecule has 2 aromatic heterocycles. The highest BCUT2D eigenvalue weighted by molar-refractivity contribution is 5.83. The first-order valence-electron chi connectivity index (χ1n) is 11.7. The van der Waals surface area contributed by atoms with Gasteiger partial charge in [-0.3, -0.25) is 4.79 Å². The second-order valence-electron chi connectivity index (χ2n) is 8.61. The summed E-state index contributed by atoms with van der Waals surface area (Å²) < 4.78 is 5.78. The van der Waals surface area contributed by atoms with E-state index in [2.05, 4.69) is 61.8 Å². The summed E-state index contributed by atoms with van der Waals surface area (Å²) in [6.45, 7) is 1.91. The Morgan fingerprint density at radius 2 is 1.70 bits per heavy atom. The summed E-state index contributed by atoms with van der Waals surface area (Å²) in [4.78, 5) is 18.1. The largest absolute Gasteiger partial charge is 0.425 e. The zero-order chi connectivity index (χ0) is 22.5. The number of carbonyl (C=O) groups is 1. The SMILES string of the molecule is O=C(CCc1nnc(CCc2c[nH]c3ccccc23)o1)NC1CCN(c2ccccc2)CC1. The molecule has 0 radical (unpaired) electrons. The molecule has 4 aromatic rings. The molecule has 1 aliphatic rings. The monoisotopic (exact) mass is 443 g/mol. The van der Waals surface area contributed by atoms with Crippen LogP contribution in [0.4, 0.5) is 5.69 Å². The molecule has 2 aromatic carbocycles. The van der Waals surface area contributed by atoms with Gasteiger partial charge in [-0.25, -0.2) is 0 Å². The summed E-state index contributed by atoms with van der Waals surface area (Å²) in [6.07, 6.45) is 6.29. The number of piperidine rings is 1. The normalized spacial score (nSPS) is 14.6. The van der Waals surface area contributed by atoms with Gasteiger partial charge in [-0.2, -0.15) is 0 Å². The van der Waals surface area contributed by atoms with Crippen molar-refractivity contribution in [1.29, 1.82) is 0 Å². The van der Waals surface area contributed by atoms with Crippen LogP contribution in [-0.2, 0) is 24.1 Å². The van der Waals surface area contributed by atoms with Crippen LogP contribution in [0.3, 0.4) is 0 Å². The number of carbonyl (C=O) groups excluding carboxylic acids is 1. The second kappa shape index (κ2) is 9.90. The molecule has 170 valence electrons. The third-order valence-electron chi connectivity index (χ3n) is 6.34. The number of para-hydroxylation sites is 2. The molecule has 1 amide bonds.